The normalized spacial score (nSPS) is 20.6. The van der Waals surface area contributed by atoms with Gasteiger partial charge in [-0.2, -0.15) is 0 Å². The van der Waals surface area contributed by atoms with Crippen molar-refractivity contribution in [2.24, 2.45) is 0 Å². The minimum absolute atomic E-state index is 0.0194. The Morgan fingerprint density at radius 3 is 2.47 bits per heavy atom. The lowest BCUT2D eigenvalue weighted by molar-refractivity contribution is -0.133. The summed E-state index contributed by atoms with van der Waals surface area (Å²) in [7, 11) is 1.95. The number of carbonyl (C=O) groups excluding carboxylic acids is 2. The van der Waals surface area contributed by atoms with Gasteiger partial charge in [-0.3, -0.25) is 9.59 Å². The SMILES string of the molecule is CNCc1cccc(C2CCN(C(=O)c3cccc(OCC(=O)N4CC(O)C(OC(C)(C)C)C4)c3)CC2)c1. The summed E-state index contributed by atoms with van der Waals surface area (Å²) in [5.41, 5.74) is 2.77. The third-order valence-electron chi connectivity index (χ3n) is 7.12. The van der Waals surface area contributed by atoms with Crippen LogP contribution in [0.25, 0.3) is 0 Å². The number of amides is 2. The third-order valence-corrected chi connectivity index (χ3v) is 7.12. The first kappa shape index (κ1) is 28.1. The number of aliphatic hydroxyl groups is 1. The zero-order valence-corrected chi connectivity index (χ0v) is 23.0. The largest absolute Gasteiger partial charge is 0.484 e. The summed E-state index contributed by atoms with van der Waals surface area (Å²) in [6, 6.07) is 15.7. The molecular weight excluding hydrogens is 482 g/mol. The molecule has 0 bridgehead atoms. The van der Waals surface area contributed by atoms with Crippen LogP contribution in [0.2, 0.25) is 0 Å². The first-order chi connectivity index (χ1) is 18.1. The molecule has 8 heteroatoms. The molecule has 2 N–H and O–H groups in total. The van der Waals surface area contributed by atoms with Crippen molar-refractivity contribution in [3.05, 3.63) is 65.2 Å². The fraction of sp³-hybridized carbons (Fsp3) is 0.533. The van der Waals surface area contributed by atoms with Gasteiger partial charge in [0.25, 0.3) is 11.8 Å². The third kappa shape index (κ3) is 7.34. The van der Waals surface area contributed by atoms with Crippen molar-refractivity contribution >= 4 is 11.8 Å². The van der Waals surface area contributed by atoms with Crippen molar-refractivity contribution in [3.63, 3.8) is 0 Å². The maximum Gasteiger partial charge on any atom is 0.260 e. The first-order valence-electron chi connectivity index (χ1n) is 13.5. The lowest BCUT2D eigenvalue weighted by Gasteiger charge is -2.32. The Kier molecular flexibility index (Phi) is 9.07. The molecule has 2 aliphatic heterocycles. The van der Waals surface area contributed by atoms with Gasteiger partial charge in [-0.05, 0) is 75.9 Å². The number of β-amino-alcohol motifs (C(OH)–C–C–N with tert-alkyl or cyclic N) is 1. The van der Waals surface area contributed by atoms with Crippen LogP contribution in [0.15, 0.2) is 48.5 Å². The summed E-state index contributed by atoms with van der Waals surface area (Å²) in [5, 5.41) is 13.5. The monoisotopic (exact) mass is 523 g/mol. The van der Waals surface area contributed by atoms with Crippen molar-refractivity contribution in [3.8, 4) is 5.75 Å². The van der Waals surface area contributed by atoms with E-state index >= 15 is 0 Å². The highest BCUT2D eigenvalue weighted by molar-refractivity contribution is 5.94. The number of ether oxygens (including phenoxy) is 2. The van der Waals surface area contributed by atoms with Crippen LogP contribution in [-0.4, -0.2) is 84.4 Å². The van der Waals surface area contributed by atoms with E-state index in [0.717, 1.165) is 19.4 Å². The molecule has 2 aromatic rings. The van der Waals surface area contributed by atoms with E-state index in [2.05, 4.69) is 29.6 Å². The van der Waals surface area contributed by atoms with Crippen LogP contribution in [0.3, 0.4) is 0 Å². The molecular formula is C30H41N3O5. The Morgan fingerprint density at radius 2 is 1.76 bits per heavy atom. The van der Waals surface area contributed by atoms with Crippen LogP contribution in [0.1, 0.15) is 61.0 Å². The quantitative estimate of drug-likeness (QED) is 0.552. The summed E-state index contributed by atoms with van der Waals surface area (Å²) in [6.45, 7) is 8.42. The van der Waals surface area contributed by atoms with Crippen molar-refractivity contribution in [2.75, 3.05) is 39.8 Å². The van der Waals surface area contributed by atoms with Crippen molar-refractivity contribution in [2.45, 2.75) is 63.9 Å². The van der Waals surface area contributed by atoms with Gasteiger partial charge in [0.2, 0.25) is 0 Å². The highest BCUT2D eigenvalue weighted by Gasteiger charge is 2.37. The van der Waals surface area contributed by atoms with Crippen LogP contribution in [0.4, 0.5) is 0 Å². The van der Waals surface area contributed by atoms with E-state index in [1.807, 2.05) is 32.7 Å². The Labute approximate surface area is 225 Å². The second kappa shape index (κ2) is 12.3. The van der Waals surface area contributed by atoms with E-state index in [4.69, 9.17) is 9.47 Å². The second-order valence-corrected chi connectivity index (χ2v) is 11.3. The van der Waals surface area contributed by atoms with Gasteiger partial charge >= 0.3 is 0 Å². The van der Waals surface area contributed by atoms with Crippen LogP contribution < -0.4 is 10.1 Å². The number of hydrogen-bond acceptors (Lipinski definition) is 6. The first-order valence-corrected chi connectivity index (χ1v) is 13.5. The molecule has 0 spiro atoms. The number of benzene rings is 2. The molecule has 2 unspecified atom stereocenters. The number of nitrogens with zero attached hydrogens (tertiary/aromatic N) is 2. The summed E-state index contributed by atoms with van der Waals surface area (Å²) < 4.78 is 11.6. The van der Waals surface area contributed by atoms with Gasteiger partial charge in [0.1, 0.15) is 11.9 Å². The van der Waals surface area contributed by atoms with Crippen molar-refractivity contribution in [1.29, 1.82) is 0 Å². The lowest BCUT2D eigenvalue weighted by atomic mass is 9.88. The van der Waals surface area contributed by atoms with Gasteiger partial charge in [0, 0.05) is 38.3 Å². The van der Waals surface area contributed by atoms with Gasteiger partial charge in [-0.1, -0.05) is 30.3 Å². The number of piperidine rings is 1. The van der Waals surface area contributed by atoms with Gasteiger partial charge in [0.15, 0.2) is 6.61 Å². The molecule has 2 saturated heterocycles. The van der Waals surface area contributed by atoms with E-state index in [-0.39, 0.29) is 25.0 Å². The highest BCUT2D eigenvalue weighted by Crippen LogP contribution is 2.29. The van der Waals surface area contributed by atoms with E-state index in [1.165, 1.54) is 11.1 Å². The summed E-state index contributed by atoms with van der Waals surface area (Å²) in [6.07, 6.45) is 0.726. The minimum atomic E-state index is -0.722. The maximum absolute atomic E-state index is 13.2. The van der Waals surface area contributed by atoms with E-state index in [0.29, 0.717) is 36.9 Å². The Morgan fingerprint density at radius 1 is 1.03 bits per heavy atom. The standard InChI is InChI=1S/C30H41N3O5/c1-30(2,3)38-27-19-33(18-26(27)34)28(35)20-37-25-10-6-9-24(16-25)29(36)32-13-11-22(12-14-32)23-8-5-7-21(15-23)17-31-4/h5-10,15-16,22,26-27,31,34H,11-14,17-20H2,1-4H3. The molecule has 2 aliphatic rings. The summed E-state index contributed by atoms with van der Waals surface area (Å²) in [4.78, 5) is 29.4. The number of hydrogen-bond donors (Lipinski definition) is 2. The van der Waals surface area contributed by atoms with Gasteiger partial charge in [-0.15, -0.1) is 0 Å². The van der Waals surface area contributed by atoms with Crippen LogP contribution >= 0.6 is 0 Å². The fourth-order valence-corrected chi connectivity index (χ4v) is 5.25. The van der Waals surface area contributed by atoms with Crippen molar-refractivity contribution in [1.82, 2.24) is 15.1 Å². The lowest BCUT2D eigenvalue weighted by Crippen LogP contribution is -2.38. The molecule has 0 aliphatic carbocycles. The molecule has 8 nitrogen and oxygen atoms in total. The van der Waals surface area contributed by atoms with Gasteiger partial charge in [0.05, 0.1) is 11.7 Å². The molecule has 2 atom stereocenters. The smallest absolute Gasteiger partial charge is 0.260 e. The predicted octanol–water partition coefficient (Wildman–Crippen LogP) is 3.19. The number of aliphatic hydroxyl groups excluding tert-OH is 1. The van der Waals surface area contributed by atoms with Gasteiger partial charge in [-0.25, -0.2) is 0 Å². The van der Waals surface area contributed by atoms with Crippen LogP contribution in [0.5, 0.6) is 5.75 Å². The van der Waals surface area contributed by atoms with E-state index in [1.54, 1.807) is 29.2 Å². The Balaban J connectivity index is 1.28. The van der Waals surface area contributed by atoms with Crippen molar-refractivity contribution < 1.29 is 24.2 Å². The second-order valence-electron chi connectivity index (χ2n) is 11.3. The number of rotatable bonds is 8. The number of nitrogens with one attached hydrogen (secondary N) is 1. The molecule has 38 heavy (non-hydrogen) atoms. The number of carbonyl (C=O) groups is 2. The topological polar surface area (TPSA) is 91.3 Å². The molecule has 2 fully saturated rings. The van der Waals surface area contributed by atoms with Gasteiger partial charge < -0.3 is 29.7 Å². The highest BCUT2D eigenvalue weighted by atomic mass is 16.5. The zero-order chi connectivity index (χ0) is 27.3. The molecule has 2 aromatic carbocycles. The molecule has 0 saturated carbocycles. The van der Waals surface area contributed by atoms with Crippen LogP contribution in [-0.2, 0) is 16.1 Å². The molecule has 0 radical (unpaired) electrons. The Bertz CT molecular complexity index is 1110. The Hall–Kier alpha value is -2.94. The number of likely N-dealkylation sites (tertiary alicyclic amines) is 2. The average molecular weight is 524 g/mol. The summed E-state index contributed by atoms with van der Waals surface area (Å²) in [5.74, 6) is 0.687. The molecule has 4 rings (SSSR count). The minimum Gasteiger partial charge on any atom is -0.484 e. The van der Waals surface area contributed by atoms with E-state index in [9.17, 15) is 14.7 Å². The maximum atomic E-state index is 13.2. The zero-order valence-electron chi connectivity index (χ0n) is 23.0. The predicted molar refractivity (Wildman–Crippen MR) is 146 cm³/mol. The molecule has 206 valence electrons. The molecule has 2 heterocycles. The van der Waals surface area contributed by atoms with Crippen LogP contribution in [0, 0.1) is 0 Å². The molecule has 0 aromatic heterocycles. The summed E-state index contributed by atoms with van der Waals surface area (Å²) >= 11 is 0. The molecule has 2 amide bonds. The average Bonchev–Trinajstić information content (AvgIpc) is 3.26. The van der Waals surface area contributed by atoms with E-state index < -0.39 is 17.8 Å². The fourth-order valence-electron chi connectivity index (χ4n) is 5.25.